The van der Waals surface area contributed by atoms with E-state index in [0.717, 1.165) is 24.0 Å². The Balaban J connectivity index is 1.71. The van der Waals surface area contributed by atoms with E-state index in [9.17, 15) is 4.79 Å². The molecular weight excluding hydrogens is 256 g/mol. The fourth-order valence-corrected chi connectivity index (χ4v) is 3.53. The van der Waals surface area contributed by atoms with Crippen LogP contribution in [-0.4, -0.2) is 23.5 Å². The minimum Gasteiger partial charge on any atom is -0.326 e. The Morgan fingerprint density at radius 1 is 1.32 bits per heavy atom. The van der Waals surface area contributed by atoms with E-state index in [2.05, 4.69) is 34.5 Å². The third-order valence-corrected chi connectivity index (χ3v) is 4.65. The summed E-state index contributed by atoms with van der Waals surface area (Å²) < 4.78 is 0. The van der Waals surface area contributed by atoms with Crippen molar-refractivity contribution in [3.8, 4) is 0 Å². The molecule has 0 aromatic heterocycles. The van der Waals surface area contributed by atoms with Crippen LogP contribution in [-0.2, 0) is 11.3 Å². The lowest BCUT2D eigenvalue weighted by atomic mass is 10.1. The summed E-state index contributed by atoms with van der Waals surface area (Å²) in [6.07, 6.45) is 4.11. The second-order valence-electron chi connectivity index (χ2n) is 5.00. The van der Waals surface area contributed by atoms with Crippen LogP contribution in [0, 0.1) is 0 Å². The number of nitrogens with one attached hydrogen (secondary N) is 2. The molecule has 0 radical (unpaired) electrons. The molecule has 1 aromatic rings. The zero-order valence-corrected chi connectivity index (χ0v) is 12.3. The van der Waals surface area contributed by atoms with Gasteiger partial charge < -0.3 is 10.6 Å². The van der Waals surface area contributed by atoms with Crippen LogP contribution in [0.3, 0.4) is 0 Å². The summed E-state index contributed by atoms with van der Waals surface area (Å²) in [5.74, 6) is 1.29. The maximum Gasteiger partial charge on any atom is 0.221 e. The van der Waals surface area contributed by atoms with Gasteiger partial charge in [-0.15, -0.1) is 0 Å². The number of thioether (sulfide) groups is 1. The van der Waals surface area contributed by atoms with Crippen LogP contribution in [0.25, 0.3) is 0 Å². The summed E-state index contributed by atoms with van der Waals surface area (Å²) in [7, 11) is 0. The van der Waals surface area contributed by atoms with Gasteiger partial charge in [-0.1, -0.05) is 18.6 Å². The predicted octanol–water partition coefficient (Wildman–Crippen LogP) is 3.02. The predicted molar refractivity (Wildman–Crippen MR) is 82.5 cm³/mol. The monoisotopic (exact) mass is 278 g/mol. The molecule has 0 aliphatic carbocycles. The number of carbonyl (C=O) groups excluding carboxylic acids is 1. The highest BCUT2D eigenvalue weighted by atomic mass is 32.2. The second-order valence-corrected chi connectivity index (χ2v) is 6.41. The van der Waals surface area contributed by atoms with Gasteiger partial charge in [-0.25, -0.2) is 0 Å². The molecule has 4 heteroatoms. The van der Waals surface area contributed by atoms with Crippen molar-refractivity contribution in [2.45, 2.75) is 38.0 Å². The molecule has 1 atom stereocenters. The largest absolute Gasteiger partial charge is 0.326 e. The fraction of sp³-hybridized carbons (Fsp3) is 0.533. The van der Waals surface area contributed by atoms with Gasteiger partial charge in [-0.05, 0) is 36.3 Å². The first-order valence-electron chi connectivity index (χ1n) is 6.93. The maximum absolute atomic E-state index is 10.9. The highest BCUT2D eigenvalue weighted by Gasteiger charge is 2.12. The summed E-state index contributed by atoms with van der Waals surface area (Å²) in [5, 5.41) is 7.09. The summed E-state index contributed by atoms with van der Waals surface area (Å²) >= 11 is 2.10. The Labute approximate surface area is 119 Å². The molecule has 1 aliphatic rings. The maximum atomic E-state index is 10.9. The molecule has 19 heavy (non-hydrogen) atoms. The Hall–Kier alpha value is -1.00. The van der Waals surface area contributed by atoms with Crippen molar-refractivity contribution < 1.29 is 4.79 Å². The van der Waals surface area contributed by atoms with E-state index in [-0.39, 0.29) is 5.91 Å². The van der Waals surface area contributed by atoms with Gasteiger partial charge >= 0.3 is 0 Å². The molecular formula is C15H22N2OS. The minimum atomic E-state index is -0.0276. The third-order valence-electron chi connectivity index (χ3n) is 3.25. The van der Waals surface area contributed by atoms with E-state index in [1.54, 1.807) is 0 Å². The summed E-state index contributed by atoms with van der Waals surface area (Å²) in [4.78, 5) is 10.9. The normalized spacial score (nSPS) is 19.1. The van der Waals surface area contributed by atoms with Crippen molar-refractivity contribution in [3.05, 3.63) is 29.8 Å². The van der Waals surface area contributed by atoms with Crippen molar-refractivity contribution in [1.29, 1.82) is 0 Å². The topological polar surface area (TPSA) is 41.1 Å². The second kappa shape index (κ2) is 7.56. The number of anilines is 1. The van der Waals surface area contributed by atoms with E-state index in [0.29, 0.717) is 0 Å². The molecule has 0 saturated carbocycles. The van der Waals surface area contributed by atoms with E-state index in [1.807, 2.05) is 12.1 Å². The van der Waals surface area contributed by atoms with Crippen molar-refractivity contribution in [3.63, 3.8) is 0 Å². The average Bonchev–Trinajstić information content (AvgIpc) is 2.41. The van der Waals surface area contributed by atoms with Crippen LogP contribution in [0.4, 0.5) is 5.69 Å². The van der Waals surface area contributed by atoms with Gasteiger partial charge in [0.25, 0.3) is 0 Å². The standard InChI is InChI=1S/C15H22N2OS/c1-12(18)17-14-7-5-13(6-8-14)10-16-11-15-4-2-3-9-19-15/h5-8,15-16H,2-4,9-11H2,1H3,(H,17,18). The van der Waals surface area contributed by atoms with Crippen LogP contribution in [0.1, 0.15) is 31.7 Å². The first kappa shape index (κ1) is 14.4. The Bertz CT molecular complexity index is 399. The number of hydrogen-bond donors (Lipinski definition) is 2. The van der Waals surface area contributed by atoms with E-state index in [4.69, 9.17) is 0 Å². The van der Waals surface area contributed by atoms with Gasteiger partial charge in [0.15, 0.2) is 0 Å². The zero-order chi connectivity index (χ0) is 13.5. The molecule has 1 fully saturated rings. The summed E-state index contributed by atoms with van der Waals surface area (Å²) in [5.41, 5.74) is 2.12. The highest BCUT2D eigenvalue weighted by molar-refractivity contribution is 7.99. The molecule has 1 amide bonds. The molecule has 1 aromatic carbocycles. The van der Waals surface area contributed by atoms with Crippen LogP contribution in [0.15, 0.2) is 24.3 Å². The lowest BCUT2D eigenvalue weighted by Gasteiger charge is -2.21. The lowest BCUT2D eigenvalue weighted by Crippen LogP contribution is -2.26. The first-order valence-corrected chi connectivity index (χ1v) is 7.98. The average molecular weight is 278 g/mol. The van der Waals surface area contributed by atoms with Gasteiger partial charge in [0.05, 0.1) is 0 Å². The smallest absolute Gasteiger partial charge is 0.221 e. The number of benzene rings is 1. The zero-order valence-electron chi connectivity index (χ0n) is 11.4. The van der Waals surface area contributed by atoms with Crippen molar-refractivity contribution in [2.75, 3.05) is 17.6 Å². The molecule has 0 spiro atoms. The highest BCUT2D eigenvalue weighted by Crippen LogP contribution is 2.24. The molecule has 2 rings (SSSR count). The molecule has 1 heterocycles. The van der Waals surface area contributed by atoms with Gasteiger partial charge in [0.1, 0.15) is 0 Å². The van der Waals surface area contributed by atoms with Crippen LogP contribution in [0.5, 0.6) is 0 Å². The van der Waals surface area contributed by atoms with Crippen molar-refractivity contribution in [1.82, 2.24) is 5.32 Å². The SMILES string of the molecule is CC(=O)Nc1ccc(CNCC2CCCCS2)cc1. The van der Waals surface area contributed by atoms with Gasteiger partial charge in [-0.2, -0.15) is 11.8 Å². The molecule has 2 N–H and O–H groups in total. The van der Waals surface area contributed by atoms with Gasteiger partial charge in [-0.3, -0.25) is 4.79 Å². The first-order chi connectivity index (χ1) is 9.24. The lowest BCUT2D eigenvalue weighted by molar-refractivity contribution is -0.114. The van der Waals surface area contributed by atoms with E-state index < -0.39 is 0 Å². The molecule has 1 saturated heterocycles. The fourth-order valence-electron chi connectivity index (χ4n) is 2.26. The van der Waals surface area contributed by atoms with Gasteiger partial charge in [0, 0.05) is 31.0 Å². The summed E-state index contributed by atoms with van der Waals surface area (Å²) in [6, 6.07) is 8.03. The van der Waals surface area contributed by atoms with Crippen molar-refractivity contribution >= 4 is 23.4 Å². The van der Waals surface area contributed by atoms with Crippen molar-refractivity contribution in [2.24, 2.45) is 0 Å². The quantitative estimate of drug-likeness (QED) is 0.870. The number of carbonyl (C=O) groups is 1. The molecule has 104 valence electrons. The Morgan fingerprint density at radius 2 is 2.11 bits per heavy atom. The van der Waals surface area contributed by atoms with Gasteiger partial charge in [0.2, 0.25) is 5.91 Å². The van der Waals surface area contributed by atoms with Crippen LogP contribution < -0.4 is 10.6 Å². The molecule has 1 aliphatic heterocycles. The van der Waals surface area contributed by atoms with E-state index in [1.165, 1.54) is 37.5 Å². The van der Waals surface area contributed by atoms with Crippen LogP contribution >= 0.6 is 11.8 Å². The summed E-state index contributed by atoms with van der Waals surface area (Å²) in [6.45, 7) is 3.52. The molecule has 0 bridgehead atoms. The Kier molecular flexibility index (Phi) is 5.73. The third kappa shape index (κ3) is 5.25. The number of amides is 1. The Morgan fingerprint density at radius 3 is 2.74 bits per heavy atom. The molecule has 1 unspecified atom stereocenters. The number of rotatable bonds is 5. The molecule has 3 nitrogen and oxygen atoms in total. The minimum absolute atomic E-state index is 0.0276. The van der Waals surface area contributed by atoms with E-state index >= 15 is 0 Å². The number of hydrogen-bond acceptors (Lipinski definition) is 3. The van der Waals surface area contributed by atoms with Crippen LogP contribution in [0.2, 0.25) is 0 Å².